The van der Waals surface area contributed by atoms with Gasteiger partial charge in [-0.2, -0.15) is 13.2 Å². The molecule has 0 radical (unpaired) electrons. The Morgan fingerprint density at radius 2 is 1.66 bits per heavy atom. The average molecular weight is 597 g/mol. The van der Waals surface area contributed by atoms with Gasteiger partial charge >= 0.3 is 6.18 Å². The van der Waals surface area contributed by atoms with Gasteiger partial charge in [-0.1, -0.05) is 23.7 Å². The molecule has 0 bridgehead atoms. The van der Waals surface area contributed by atoms with Crippen molar-refractivity contribution in [1.82, 2.24) is 14.8 Å². The van der Waals surface area contributed by atoms with Crippen LogP contribution in [0.1, 0.15) is 48.0 Å². The van der Waals surface area contributed by atoms with Crippen LogP contribution in [0.5, 0.6) is 5.75 Å². The summed E-state index contributed by atoms with van der Waals surface area (Å²) in [4.78, 5) is 34.5. The van der Waals surface area contributed by atoms with Crippen molar-refractivity contribution in [2.45, 2.75) is 43.9 Å². The lowest BCUT2D eigenvalue weighted by Crippen LogP contribution is -2.57. The minimum atomic E-state index is -5.19. The number of aromatic nitrogens is 1. The van der Waals surface area contributed by atoms with E-state index in [4.69, 9.17) is 16.3 Å². The van der Waals surface area contributed by atoms with Gasteiger partial charge in [0.25, 0.3) is 17.4 Å². The highest BCUT2D eigenvalue weighted by Gasteiger charge is 2.62. The first kappa shape index (κ1) is 30.9. The van der Waals surface area contributed by atoms with Crippen LogP contribution < -0.4 is 9.64 Å². The number of carbonyl (C=O) groups is 2. The second kappa shape index (κ2) is 12.4. The van der Waals surface area contributed by atoms with E-state index < -0.39 is 23.2 Å². The van der Waals surface area contributed by atoms with Crippen LogP contribution in [0.15, 0.2) is 36.4 Å². The summed E-state index contributed by atoms with van der Waals surface area (Å²) in [6, 6.07) is 8.42. The summed E-state index contributed by atoms with van der Waals surface area (Å²) in [6.45, 7) is 1.88. The van der Waals surface area contributed by atoms with Crippen molar-refractivity contribution in [1.29, 1.82) is 0 Å². The molecule has 2 aliphatic rings. The van der Waals surface area contributed by atoms with E-state index in [1.807, 2.05) is 6.07 Å². The lowest BCUT2D eigenvalue weighted by atomic mass is 9.82. The molecule has 0 aliphatic carbocycles. The number of piperidine rings is 2. The maximum atomic E-state index is 14.1. The standard InChI is InChI=1S/C29H36ClF3N4O4/c1-35(2)26(38)23-7-8-24(34-25(23)30)36-13-9-19(10-14-36)17-20-11-15-37(16-12-20)27(39)28(40,29(31,32)33)21-5-4-6-22(18-21)41-3/h4-8,18-20,40H,9-17H2,1-3H3. The first-order valence-electron chi connectivity index (χ1n) is 13.7. The molecule has 4 rings (SSSR count). The van der Waals surface area contributed by atoms with Crippen molar-refractivity contribution in [3.8, 4) is 5.75 Å². The van der Waals surface area contributed by atoms with Crippen LogP contribution >= 0.6 is 11.6 Å². The number of halogens is 4. The second-order valence-corrected chi connectivity index (χ2v) is 11.4. The van der Waals surface area contributed by atoms with Crippen molar-refractivity contribution < 1.29 is 32.6 Å². The average Bonchev–Trinajstić information content (AvgIpc) is 2.96. The number of pyridine rings is 1. The van der Waals surface area contributed by atoms with E-state index in [1.54, 1.807) is 20.2 Å². The summed E-state index contributed by atoms with van der Waals surface area (Å²) in [7, 11) is 4.62. The quantitative estimate of drug-likeness (QED) is 0.465. The molecule has 2 saturated heterocycles. The molecule has 2 aromatic rings. The topological polar surface area (TPSA) is 86.2 Å². The SMILES string of the molecule is COc1cccc(C(O)(C(=O)N2CCC(CC3CCN(c4ccc(C(=O)N(C)C)c(Cl)n4)CC3)CC2)C(F)(F)F)c1. The van der Waals surface area contributed by atoms with Crippen LogP contribution in [-0.4, -0.2) is 85.3 Å². The number of nitrogens with zero attached hydrogens (tertiary/aromatic N) is 4. The number of ether oxygens (including phenoxy) is 1. The van der Waals surface area contributed by atoms with Crippen LogP contribution in [0.25, 0.3) is 0 Å². The van der Waals surface area contributed by atoms with Gasteiger partial charge in [0, 0.05) is 45.8 Å². The Kier molecular flexibility index (Phi) is 9.38. The second-order valence-electron chi connectivity index (χ2n) is 11.0. The number of carbonyl (C=O) groups excluding carboxylic acids is 2. The zero-order chi connectivity index (χ0) is 29.9. The molecular formula is C29H36ClF3N4O4. The maximum Gasteiger partial charge on any atom is 0.430 e. The minimum absolute atomic E-state index is 0.123. The lowest BCUT2D eigenvalue weighted by molar-refractivity contribution is -0.262. The van der Waals surface area contributed by atoms with Crippen LogP contribution in [0, 0.1) is 11.8 Å². The molecule has 224 valence electrons. The molecular weight excluding hydrogens is 561 g/mol. The van der Waals surface area contributed by atoms with Gasteiger partial charge in [-0.05, 0) is 68.2 Å². The summed E-state index contributed by atoms with van der Waals surface area (Å²) in [5, 5.41) is 11.0. The van der Waals surface area contributed by atoms with Gasteiger partial charge in [-0.3, -0.25) is 9.59 Å². The fraction of sp³-hybridized carbons (Fsp3) is 0.552. The van der Waals surface area contributed by atoms with Crippen LogP contribution in [0.2, 0.25) is 5.15 Å². The minimum Gasteiger partial charge on any atom is -0.497 e. The van der Waals surface area contributed by atoms with E-state index in [1.165, 1.54) is 24.1 Å². The predicted molar refractivity (Wildman–Crippen MR) is 149 cm³/mol. The van der Waals surface area contributed by atoms with Crippen molar-refractivity contribution in [3.63, 3.8) is 0 Å². The third-order valence-electron chi connectivity index (χ3n) is 8.18. The van der Waals surface area contributed by atoms with Crippen LogP contribution in [0.3, 0.4) is 0 Å². The molecule has 2 aliphatic heterocycles. The van der Waals surface area contributed by atoms with Gasteiger partial charge in [-0.15, -0.1) is 0 Å². The summed E-state index contributed by atoms with van der Waals surface area (Å²) in [5.41, 5.74) is -3.84. The van der Waals surface area contributed by atoms with Crippen molar-refractivity contribution in [3.05, 3.63) is 52.7 Å². The summed E-state index contributed by atoms with van der Waals surface area (Å²) < 4.78 is 47.3. The number of rotatable bonds is 7. The molecule has 8 nitrogen and oxygen atoms in total. The smallest absolute Gasteiger partial charge is 0.430 e. The van der Waals surface area contributed by atoms with Gasteiger partial charge in [0.2, 0.25) is 0 Å². The van der Waals surface area contributed by atoms with E-state index in [0.717, 1.165) is 55.2 Å². The fourth-order valence-electron chi connectivity index (χ4n) is 5.73. The normalized spacial score (nSPS) is 18.6. The lowest BCUT2D eigenvalue weighted by Gasteiger charge is -2.40. The summed E-state index contributed by atoms with van der Waals surface area (Å²) in [6.07, 6.45) is -1.24. The maximum absolute atomic E-state index is 14.1. The number of alkyl halides is 3. The van der Waals surface area contributed by atoms with E-state index in [0.29, 0.717) is 24.3 Å². The highest BCUT2D eigenvalue weighted by atomic mass is 35.5. The Morgan fingerprint density at radius 3 is 2.20 bits per heavy atom. The van der Waals surface area contributed by atoms with Gasteiger partial charge in [0.15, 0.2) is 0 Å². The molecule has 1 aromatic carbocycles. The fourth-order valence-corrected chi connectivity index (χ4v) is 5.96. The Hall–Kier alpha value is -3.05. The number of hydrogen-bond acceptors (Lipinski definition) is 6. The molecule has 2 fully saturated rings. The van der Waals surface area contributed by atoms with Crippen molar-refractivity contribution in [2.75, 3.05) is 52.3 Å². The molecule has 41 heavy (non-hydrogen) atoms. The molecule has 1 unspecified atom stereocenters. The molecule has 3 heterocycles. The van der Waals surface area contributed by atoms with Crippen molar-refractivity contribution in [2.24, 2.45) is 11.8 Å². The largest absolute Gasteiger partial charge is 0.497 e. The molecule has 0 saturated carbocycles. The van der Waals surface area contributed by atoms with E-state index in [9.17, 15) is 27.9 Å². The third-order valence-corrected chi connectivity index (χ3v) is 8.47. The zero-order valence-electron chi connectivity index (χ0n) is 23.5. The van der Waals surface area contributed by atoms with E-state index in [2.05, 4.69) is 9.88 Å². The third kappa shape index (κ3) is 6.56. The molecule has 12 heteroatoms. The molecule has 1 atom stereocenters. The number of hydrogen-bond donors (Lipinski definition) is 1. The Labute approximate surface area is 243 Å². The number of likely N-dealkylation sites (tertiary alicyclic amines) is 1. The molecule has 1 N–H and O–H groups in total. The van der Waals surface area contributed by atoms with Crippen LogP contribution in [0.4, 0.5) is 19.0 Å². The van der Waals surface area contributed by atoms with Gasteiger partial charge < -0.3 is 24.5 Å². The highest BCUT2D eigenvalue weighted by Crippen LogP contribution is 2.42. The Balaban J connectivity index is 1.31. The number of amides is 2. The van der Waals surface area contributed by atoms with E-state index in [-0.39, 0.29) is 35.8 Å². The first-order valence-corrected chi connectivity index (χ1v) is 14.1. The van der Waals surface area contributed by atoms with E-state index >= 15 is 0 Å². The zero-order valence-corrected chi connectivity index (χ0v) is 24.2. The number of anilines is 1. The van der Waals surface area contributed by atoms with Gasteiger partial charge in [0.05, 0.1) is 12.7 Å². The van der Waals surface area contributed by atoms with Crippen LogP contribution in [-0.2, 0) is 10.4 Å². The summed E-state index contributed by atoms with van der Waals surface area (Å²) >= 11 is 6.28. The monoisotopic (exact) mass is 596 g/mol. The van der Waals surface area contributed by atoms with Crippen molar-refractivity contribution >= 4 is 29.2 Å². The molecule has 2 amide bonds. The first-order chi connectivity index (χ1) is 19.3. The molecule has 1 aromatic heterocycles. The Bertz CT molecular complexity index is 1240. The Morgan fingerprint density at radius 1 is 1.05 bits per heavy atom. The number of benzene rings is 1. The van der Waals surface area contributed by atoms with Gasteiger partial charge in [0.1, 0.15) is 16.7 Å². The summed E-state index contributed by atoms with van der Waals surface area (Å²) in [5.74, 6) is 0.0305. The highest BCUT2D eigenvalue weighted by molar-refractivity contribution is 6.32. The molecule has 0 spiro atoms. The number of aliphatic hydroxyl groups is 1. The van der Waals surface area contributed by atoms with Gasteiger partial charge in [-0.25, -0.2) is 4.98 Å². The predicted octanol–water partition coefficient (Wildman–Crippen LogP) is 4.74. The number of methoxy groups -OCH3 is 1.